The SMILES string of the molecule is NCCCCCC(=O)NCCCC[C@H](N)C(=O)O. The number of nitrogens with two attached hydrogens (primary N) is 2. The Morgan fingerprint density at radius 1 is 1.11 bits per heavy atom. The topological polar surface area (TPSA) is 118 Å². The highest BCUT2D eigenvalue weighted by molar-refractivity contribution is 5.75. The van der Waals surface area contributed by atoms with Gasteiger partial charge in [0.1, 0.15) is 6.04 Å². The molecule has 0 radical (unpaired) electrons. The van der Waals surface area contributed by atoms with Gasteiger partial charge >= 0.3 is 5.97 Å². The van der Waals surface area contributed by atoms with Gasteiger partial charge in [-0.15, -0.1) is 0 Å². The van der Waals surface area contributed by atoms with Crippen LogP contribution in [0.2, 0.25) is 0 Å². The highest BCUT2D eigenvalue weighted by Crippen LogP contribution is 2.00. The van der Waals surface area contributed by atoms with E-state index in [1.807, 2.05) is 0 Å². The van der Waals surface area contributed by atoms with Gasteiger partial charge in [-0.1, -0.05) is 6.42 Å². The summed E-state index contributed by atoms with van der Waals surface area (Å²) in [6, 6.07) is -0.794. The van der Waals surface area contributed by atoms with Gasteiger partial charge in [-0.3, -0.25) is 9.59 Å². The van der Waals surface area contributed by atoms with Crippen LogP contribution in [0, 0.1) is 0 Å². The van der Waals surface area contributed by atoms with Crippen molar-refractivity contribution in [2.24, 2.45) is 11.5 Å². The van der Waals surface area contributed by atoms with Gasteiger partial charge in [-0.05, 0) is 38.6 Å². The van der Waals surface area contributed by atoms with Gasteiger partial charge < -0.3 is 21.9 Å². The maximum atomic E-state index is 11.4. The van der Waals surface area contributed by atoms with Crippen LogP contribution in [0.1, 0.15) is 44.9 Å². The summed E-state index contributed by atoms with van der Waals surface area (Å²) in [6.07, 6.45) is 5.26. The lowest BCUT2D eigenvalue weighted by molar-refractivity contribution is -0.138. The molecule has 0 heterocycles. The van der Waals surface area contributed by atoms with Crippen LogP contribution < -0.4 is 16.8 Å². The fourth-order valence-corrected chi connectivity index (χ4v) is 1.54. The van der Waals surface area contributed by atoms with Crippen molar-refractivity contribution in [3.63, 3.8) is 0 Å². The summed E-state index contributed by atoms with van der Waals surface area (Å²) in [7, 11) is 0. The number of carboxylic acid groups (broad SMARTS) is 1. The Labute approximate surface area is 108 Å². The number of carboxylic acids is 1. The zero-order valence-electron chi connectivity index (χ0n) is 10.9. The molecule has 0 aromatic rings. The minimum absolute atomic E-state index is 0.0505. The van der Waals surface area contributed by atoms with Crippen LogP contribution in [0.5, 0.6) is 0 Å². The molecule has 1 amide bonds. The van der Waals surface area contributed by atoms with E-state index in [4.69, 9.17) is 16.6 Å². The summed E-state index contributed by atoms with van der Waals surface area (Å²) in [5.74, 6) is -0.923. The lowest BCUT2D eigenvalue weighted by Gasteiger charge is -2.07. The smallest absolute Gasteiger partial charge is 0.320 e. The third-order valence-corrected chi connectivity index (χ3v) is 2.69. The number of carbonyl (C=O) groups excluding carboxylic acids is 1. The third kappa shape index (κ3) is 10.0. The third-order valence-electron chi connectivity index (χ3n) is 2.69. The molecule has 1 atom stereocenters. The molecule has 6 N–H and O–H groups in total. The number of nitrogens with one attached hydrogen (secondary N) is 1. The first-order valence-electron chi connectivity index (χ1n) is 6.53. The number of rotatable bonds is 11. The second kappa shape index (κ2) is 11.0. The van der Waals surface area contributed by atoms with Crippen LogP contribution in [0.3, 0.4) is 0 Å². The molecule has 0 unspecified atom stereocenters. The highest BCUT2D eigenvalue weighted by Gasteiger charge is 2.10. The maximum absolute atomic E-state index is 11.4. The first-order chi connectivity index (χ1) is 8.57. The fraction of sp³-hybridized carbons (Fsp3) is 0.833. The van der Waals surface area contributed by atoms with Gasteiger partial charge in [0.15, 0.2) is 0 Å². The molecule has 0 aromatic heterocycles. The normalized spacial score (nSPS) is 12.1. The minimum Gasteiger partial charge on any atom is -0.480 e. The van der Waals surface area contributed by atoms with E-state index in [-0.39, 0.29) is 5.91 Å². The molecule has 0 rings (SSSR count). The number of aliphatic carboxylic acids is 1. The van der Waals surface area contributed by atoms with E-state index in [9.17, 15) is 9.59 Å². The van der Waals surface area contributed by atoms with Crippen molar-refractivity contribution >= 4 is 11.9 Å². The predicted molar refractivity (Wildman–Crippen MR) is 70.0 cm³/mol. The molecule has 0 saturated heterocycles. The Bertz CT molecular complexity index is 247. The molecule has 0 bridgehead atoms. The second-order valence-electron chi connectivity index (χ2n) is 4.39. The molecule has 0 aromatic carbocycles. The molecule has 18 heavy (non-hydrogen) atoms. The summed E-state index contributed by atoms with van der Waals surface area (Å²) < 4.78 is 0. The summed E-state index contributed by atoms with van der Waals surface area (Å²) >= 11 is 0. The molecule has 106 valence electrons. The van der Waals surface area contributed by atoms with Gasteiger partial charge in [-0.2, -0.15) is 0 Å². The molecular weight excluding hydrogens is 234 g/mol. The quantitative estimate of drug-likeness (QED) is 0.395. The number of unbranched alkanes of at least 4 members (excludes halogenated alkanes) is 3. The molecule has 0 aliphatic rings. The molecule has 0 fully saturated rings. The summed E-state index contributed by atoms with van der Waals surface area (Å²) in [6.45, 7) is 1.26. The van der Waals surface area contributed by atoms with E-state index in [0.717, 1.165) is 25.7 Å². The lowest BCUT2D eigenvalue weighted by atomic mass is 10.1. The van der Waals surface area contributed by atoms with Crippen molar-refractivity contribution in [3.05, 3.63) is 0 Å². The van der Waals surface area contributed by atoms with E-state index in [0.29, 0.717) is 32.4 Å². The number of amides is 1. The molecule has 0 aliphatic heterocycles. The second-order valence-corrected chi connectivity index (χ2v) is 4.39. The van der Waals surface area contributed by atoms with Gasteiger partial charge in [-0.25, -0.2) is 0 Å². The van der Waals surface area contributed by atoms with Gasteiger partial charge in [0.05, 0.1) is 0 Å². The average Bonchev–Trinajstić information content (AvgIpc) is 2.33. The largest absolute Gasteiger partial charge is 0.480 e. The predicted octanol–water partition coefficient (Wildman–Crippen LogP) is 0.204. The van der Waals surface area contributed by atoms with Crippen LogP contribution in [0.15, 0.2) is 0 Å². The van der Waals surface area contributed by atoms with Crippen molar-refractivity contribution < 1.29 is 14.7 Å². The highest BCUT2D eigenvalue weighted by atomic mass is 16.4. The van der Waals surface area contributed by atoms with Crippen molar-refractivity contribution in [1.82, 2.24) is 5.32 Å². The molecule has 0 spiro atoms. The number of carbonyl (C=O) groups is 2. The summed E-state index contributed by atoms with van der Waals surface area (Å²) in [5, 5.41) is 11.4. The van der Waals surface area contributed by atoms with Crippen molar-refractivity contribution in [2.45, 2.75) is 51.0 Å². The molecule has 0 aliphatic carbocycles. The van der Waals surface area contributed by atoms with Crippen LogP contribution in [-0.4, -0.2) is 36.1 Å². The monoisotopic (exact) mass is 259 g/mol. The number of hydrogen-bond acceptors (Lipinski definition) is 4. The Hall–Kier alpha value is -1.14. The molecule has 0 saturated carbocycles. The van der Waals surface area contributed by atoms with E-state index < -0.39 is 12.0 Å². The summed E-state index contributed by atoms with van der Waals surface area (Å²) in [4.78, 5) is 21.8. The molecule has 6 heteroatoms. The maximum Gasteiger partial charge on any atom is 0.320 e. The van der Waals surface area contributed by atoms with E-state index in [1.165, 1.54) is 0 Å². The molecule has 6 nitrogen and oxygen atoms in total. The zero-order chi connectivity index (χ0) is 13.8. The fourth-order valence-electron chi connectivity index (χ4n) is 1.54. The first-order valence-corrected chi connectivity index (χ1v) is 6.53. The Kier molecular flexibility index (Phi) is 10.3. The zero-order valence-corrected chi connectivity index (χ0v) is 10.9. The summed E-state index contributed by atoms with van der Waals surface area (Å²) in [5.41, 5.74) is 10.7. The van der Waals surface area contributed by atoms with E-state index in [2.05, 4.69) is 5.32 Å². The minimum atomic E-state index is -0.973. The van der Waals surface area contributed by atoms with Gasteiger partial charge in [0.25, 0.3) is 0 Å². The first kappa shape index (κ1) is 16.9. The molecular formula is C12H25N3O3. The van der Waals surface area contributed by atoms with Crippen LogP contribution in [-0.2, 0) is 9.59 Å². The van der Waals surface area contributed by atoms with E-state index >= 15 is 0 Å². The number of hydrogen-bond donors (Lipinski definition) is 4. The van der Waals surface area contributed by atoms with E-state index in [1.54, 1.807) is 0 Å². The van der Waals surface area contributed by atoms with Crippen molar-refractivity contribution in [1.29, 1.82) is 0 Å². The standard InChI is InChI=1S/C12H25N3O3/c13-8-4-1-2-7-11(16)15-9-5-3-6-10(14)12(17)18/h10H,1-9,13-14H2,(H,15,16)(H,17,18)/t10-/m0/s1. The Morgan fingerprint density at radius 3 is 2.44 bits per heavy atom. The lowest BCUT2D eigenvalue weighted by Crippen LogP contribution is -2.30. The average molecular weight is 259 g/mol. The Balaban J connectivity index is 3.32. The van der Waals surface area contributed by atoms with Crippen molar-refractivity contribution in [3.8, 4) is 0 Å². The van der Waals surface area contributed by atoms with Crippen LogP contribution in [0.4, 0.5) is 0 Å². The van der Waals surface area contributed by atoms with Gasteiger partial charge in [0, 0.05) is 13.0 Å². The van der Waals surface area contributed by atoms with Crippen molar-refractivity contribution in [2.75, 3.05) is 13.1 Å². The van der Waals surface area contributed by atoms with Gasteiger partial charge in [0.2, 0.25) is 5.91 Å². The van der Waals surface area contributed by atoms with Crippen LogP contribution in [0.25, 0.3) is 0 Å². The van der Waals surface area contributed by atoms with Crippen LogP contribution >= 0.6 is 0 Å². The Morgan fingerprint density at radius 2 is 1.83 bits per heavy atom.